The molecule has 0 saturated heterocycles. The first kappa shape index (κ1) is 15.0. The molecule has 9 heteroatoms. The number of nitrogens with zero attached hydrogens (tertiary/aromatic N) is 5. The number of rotatable bonds is 3. The van der Waals surface area contributed by atoms with Gasteiger partial charge in [-0.3, -0.25) is 9.48 Å². The first-order valence-electron chi connectivity index (χ1n) is 7.09. The first-order chi connectivity index (χ1) is 11.6. The van der Waals surface area contributed by atoms with Crippen molar-refractivity contribution < 1.29 is 8.78 Å². The molecule has 0 spiro atoms. The molecule has 0 bridgehead atoms. The maximum Gasteiger partial charge on any atom is 0.283 e. The first-order valence-corrected chi connectivity index (χ1v) is 8.32. The standard InChI is InChI=1S/C15H11F2N5OS/c1-24-15-18-6-9-12(20-15)19-13-8-4-2-3-5-10(8)21(7-11(16)17)22(13)14(9)23/h2-6,11H,7H2,1H3. The van der Waals surface area contributed by atoms with Gasteiger partial charge in [0.2, 0.25) is 0 Å². The number of thioether (sulfide) groups is 1. The maximum atomic E-state index is 13.0. The van der Waals surface area contributed by atoms with E-state index in [1.165, 1.54) is 27.2 Å². The minimum atomic E-state index is -2.60. The van der Waals surface area contributed by atoms with E-state index >= 15 is 0 Å². The monoisotopic (exact) mass is 347 g/mol. The Morgan fingerprint density at radius 1 is 1.21 bits per heavy atom. The normalized spacial score (nSPS) is 12.0. The second-order valence-corrected chi connectivity index (χ2v) is 5.91. The highest BCUT2D eigenvalue weighted by molar-refractivity contribution is 7.98. The number of hydrogen-bond acceptors (Lipinski definition) is 5. The van der Waals surface area contributed by atoms with Crippen LogP contribution >= 0.6 is 11.8 Å². The Hall–Kier alpha value is -2.55. The van der Waals surface area contributed by atoms with Crippen LogP contribution in [0.3, 0.4) is 0 Å². The highest BCUT2D eigenvalue weighted by Crippen LogP contribution is 2.22. The van der Waals surface area contributed by atoms with Gasteiger partial charge in [0.15, 0.2) is 16.5 Å². The van der Waals surface area contributed by atoms with E-state index in [1.54, 1.807) is 24.3 Å². The molecule has 0 unspecified atom stereocenters. The zero-order chi connectivity index (χ0) is 16.8. The Balaban J connectivity index is 2.21. The Morgan fingerprint density at radius 3 is 2.75 bits per heavy atom. The molecule has 1 aromatic carbocycles. The molecule has 3 aromatic heterocycles. The summed E-state index contributed by atoms with van der Waals surface area (Å²) in [6.45, 7) is -0.596. The summed E-state index contributed by atoms with van der Waals surface area (Å²) in [4.78, 5) is 25.6. The topological polar surface area (TPSA) is 65.1 Å². The lowest BCUT2D eigenvalue weighted by Crippen LogP contribution is -2.24. The SMILES string of the molecule is CSc1ncc2c(=O)n3c(nc2n1)c1ccccc1n3CC(F)F. The Bertz CT molecular complexity index is 1140. The van der Waals surface area contributed by atoms with Crippen LogP contribution in [0.15, 0.2) is 40.4 Å². The fourth-order valence-electron chi connectivity index (χ4n) is 2.75. The second-order valence-electron chi connectivity index (χ2n) is 5.14. The van der Waals surface area contributed by atoms with E-state index < -0.39 is 18.5 Å². The van der Waals surface area contributed by atoms with Gasteiger partial charge in [-0.1, -0.05) is 23.9 Å². The van der Waals surface area contributed by atoms with Gasteiger partial charge in [-0.05, 0) is 18.4 Å². The van der Waals surface area contributed by atoms with Crippen molar-refractivity contribution in [3.63, 3.8) is 0 Å². The highest BCUT2D eigenvalue weighted by atomic mass is 32.2. The molecule has 6 nitrogen and oxygen atoms in total. The fraction of sp³-hybridized carbons (Fsp3) is 0.200. The number of fused-ring (bicyclic) bond motifs is 4. The van der Waals surface area contributed by atoms with E-state index in [2.05, 4.69) is 15.0 Å². The van der Waals surface area contributed by atoms with Crippen molar-refractivity contribution in [3.8, 4) is 0 Å². The van der Waals surface area contributed by atoms with E-state index in [0.29, 0.717) is 21.7 Å². The number of para-hydroxylation sites is 1. The van der Waals surface area contributed by atoms with Gasteiger partial charge in [0, 0.05) is 11.6 Å². The van der Waals surface area contributed by atoms with E-state index in [4.69, 9.17) is 0 Å². The van der Waals surface area contributed by atoms with Gasteiger partial charge in [-0.15, -0.1) is 0 Å². The van der Waals surface area contributed by atoms with E-state index in [-0.39, 0.29) is 11.0 Å². The summed E-state index contributed by atoms with van der Waals surface area (Å²) in [6, 6.07) is 6.95. The lowest BCUT2D eigenvalue weighted by Gasteiger charge is -2.07. The summed E-state index contributed by atoms with van der Waals surface area (Å²) in [5.41, 5.74) is 0.643. The largest absolute Gasteiger partial charge is 0.283 e. The highest BCUT2D eigenvalue weighted by Gasteiger charge is 2.18. The van der Waals surface area contributed by atoms with Crippen LogP contribution in [0.25, 0.3) is 27.6 Å². The maximum absolute atomic E-state index is 13.0. The molecule has 122 valence electrons. The molecule has 0 atom stereocenters. The van der Waals surface area contributed by atoms with Crippen molar-refractivity contribution >= 4 is 39.3 Å². The Labute approximate surface area is 138 Å². The predicted octanol–water partition coefficient (Wildman–Crippen LogP) is 2.58. The van der Waals surface area contributed by atoms with E-state index in [1.807, 2.05) is 6.26 Å². The van der Waals surface area contributed by atoms with Crippen LogP contribution in [0.4, 0.5) is 8.78 Å². The van der Waals surface area contributed by atoms with Crippen molar-refractivity contribution in [1.29, 1.82) is 0 Å². The minimum absolute atomic E-state index is 0.198. The number of aromatic nitrogens is 5. The summed E-state index contributed by atoms with van der Waals surface area (Å²) in [5, 5.41) is 1.32. The van der Waals surface area contributed by atoms with E-state index in [9.17, 15) is 13.6 Å². The summed E-state index contributed by atoms with van der Waals surface area (Å²) in [5.74, 6) is 0. The Kier molecular flexibility index (Phi) is 3.45. The van der Waals surface area contributed by atoms with Crippen molar-refractivity contribution in [2.45, 2.75) is 18.1 Å². The number of hydrogen-bond donors (Lipinski definition) is 0. The van der Waals surface area contributed by atoms with Crippen molar-refractivity contribution in [2.75, 3.05) is 6.26 Å². The van der Waals surface area contributed by atoms with Crippen LogP contribution in [0.2, 0.25) is 0 Å². The number of halogens is 2. The molecular weight excluding hydrogens is 336 g/mol. The van der Waals surface area contributed by atoms with Crippen LogP contribution in [0, 0.1) is 0 Å². The molecule has 0 aliphatic heterocycles. The quantitative estimate of drug-likeness (QED) is 0.421. The molecule has 4 aromatic rings. The fourth-order valence-corrected chi connectivity index (χ4v) is 3.09. The van der Waals surface area contributed by atoms with Crippen LogP contribution in [0.1, 0.15) is 0 Å². The number of benzene rings is 1. The summed E-state index contributed by atoms with van der Waals surface area (Å²) < 4.78 is 28.5. The average molecular weight is 347 g/mol. The average Bonchev–Trinajstić information content (AvgIpc) is 2.88. The third kappa shape index (κ3) is 2.15. The smallest absolute Gasteiger partial charge is 0.270 e. The summed E-state index contributed by atoms with van der Waals surface area (Å²) in [6.07, 6.45) is 0.614. The van der Waals surface area contributed by atoms with Crippen LogP contribution in [0.5, 0.6) is 0 Å². The van der Waals surface area contributed by atoms with Gasteiger partial charge < -0.3 is 0 Å². The van der Waals surface area contributed by atoms with E-state index in [0.717, 1.165) is 0 Å². The van der Waals surface area contributed by atoms with Crippen molar-refractivity contribution in [2.24, 2.45) is 0 Å². The summed E-state index contributed by atoms with van der Waals surface area (Å²) >= 11 is 1.34. The molecule has 0 radical (unpaired) electrons. The lowest BCUT2D eigenvalue weighted by molar-refractivity contribution is 0.121. The van der Waals surface area contributed by atoms with Crippen molar-refractivity contribution in [3.05, 3.63) is 40.8 Å². The molecule has 0 N–H and O–H groups in total. The lowest BCUT2D eigenvalue weighted by atomic mass is 10.2. The molecule has 0 aliphatic carbocycles. The van der Waals surface area contributed by atoms with Gasteiger partial charge in [0.05, 0.1) is 5.52 Å². The van der Waals surface area contributed by atoms with Gasteiger partial charge in [0.25, 0.3) is 12.0 Å². The zero-order valence-corrected chi connectivity index (χ0v) is 13.3. The molecule has 0 saturated carbocycles. The molecule has 0 amide bonds. The predicted molar refractivity (Wildman–Crippen MR) is 87.8 cm³/mol. The summed E-state index contributed by atoms with van der Waals surface area (Å²) in [7, 11) is 0. The molecule has 3 heterocycles. The third-order valence-electron chi connectivity index (χ3n) is 3.74. The van der Waals surface area contributed by atoms with Gasteiger partial charge in [-0.2, -0.15) is 4.52 Å². The molecule has 0 aliphatic rings. The van der Waals surface area contributed by atoms with Crippen LogP contribution in [-0.2, 0) is 6.54 Å². The third-order valence-corrected chi connectivity index (χ3v) is 4.30. The molecule has 24 heavy (non-hydrogen) atoms. The van der Waals surface area contributed by atoms with Gasteiger partial charge in [-0.25, -0.2) is 23.7 Å². The zero-order valence-electron chi connectivity index (χ0n) is 12.5. The van der Waals surface area contributed by atoms with Crippen molar-refractivity contribution in [1.82, 2.24) is 24.1 Å². The van der Waals surface area contributed by atoms with Gasteiger partial charge >= 0.3 is 0 Å². The molecule has 4 rings (SSSR count). The van der Waals surface area contributed by atoms with Gasteiger partial charge in [0.1, 0.15) is 11.9 Å². The van der Waals surface area contributed by atoms with Crippen LogP contribution < -0.4 is 5.56 Å². The number of alkyl halides is 2. The van der Waals surface area contributed by atoms with Crippen LogP contribution in [-0.4, -0.2) is 36.8 Å². The molecular formula is C15H11F2N5OS. The second kappa shape index (κ2) is 5.52. The Morgan fingerprint density at radius 2 is 2.00 bits per heavy atom. The molecule has 0 fully saturated rings. The minimum Gasteiger partial charge on any atom is -0.270 e.